The van der Waals surface area contributed by atoms with Crippen molar-refractivity contribution < 1.29 is 62.3 Å². The molecular weight excluding hydrogens is 1450 g/mol. The Balaban J connectivity index is 0.000000124. The predicted octanol–water partition coefficient (Wildman–Crippen LogP) is 6.80. The highest BCUT2D eigenvalue weighted by Gasteiger charge is 2.39. The standard InChI is InChI=1S/C19H17N3O3S.C18H16N4O3S.C18H15N3O5S2.C16H15N5O3S/c1-25-19(23)17-14-5-3-4-6-15(14)18-16(17)11-21-22(18)12-7-9-13(10-8-12)26(2,20)24;1-11(23)17-16-7-2-12-10-20-9-8-15(12)18(16)22(21-17)13-3-5-14(6-4-13)26(19,24)25;1-26-18(22)16-14-10-27(23)15-5-3-2-4-13(15)17(14)21(20-16)11-6-8-12(9-7-11)28(19,24)25;1-9(22)15-12-6-7-14-13(8-18-19-14)16(12)21(20-15)10-2-4-11(5-3-10)25(17,23)24/h3-11,17H,2H2,1H3,(H2,20,24);3-6,8-10H,2,7H2,1H3,(H2,19,24,25);2-9H,10H2,1H3,(H2,19,24,25);2-5,8H,6-7H2,1H3,(H,18,19)(H2,17,23,24). The summed E-state index contributed by atoms with van der Waals surface area (Å²) in [4.78, 5) is 54.0. The molecule has 7 heterocycles. The molecule has 0 spiro atoms. The average molecular weight is 1510 g/mol. The van der Waals surface area contributed by atoms with Crippen molar-refractivity contribution in [2.24, 2.45) is 20.6 Å². The number of hydrogen-bond acceptors (Lipinski definition) is 20. The number of nitrogens with zero attached hydrogens (tertiary/aromatic N) is 10. The topological polar surface area (TPSA) is 440 Å². The second-order valence-corrected chi connectivity index (χ2v) is 32.4. The first-order valence-corrected chi connectivity index (χ1v) is 39.5. The summed E-state index contributed by atoms with van der Waals surface area (Å²) in [7, 11) is -12.8. The van der Waals surface area contributed by atoms with Gasteiger partial charge in [0.05, 0.1) is 113 Å². The van der Waals surface area contributed by atoms with Gasteiger partial charge in [-0.1, -0.05) is 42.5 Å². The smallest absolute Gasteiger partial charge is 0.358 e. The Morgan fingerprint density at radius 1 is 0.495 bits per heavy atom. The monoisotopic (exact) mass is 1510 g/mol. The van der Waals surface area contributed by atoms with Gasteiger partial charge in [-0.2, -0.15) is 25.5 Å². The van der Waals surface area contributed by atoms with Gasteiger partial charge in [-0.25, -0.2) is 68.4 Å². The fourth-order valence-corrected chi connectivity index (χ4v) is 16.5. The number of methoxy groups -OCH3 is 2. The lowest BCUT2D eigenvalue weighted by Crippen LogP contribution is -2.12. The first-order chi connectivity index (χ1) is 49.9. The number of aromatic amines is 1. The lowest BCUT2D eigenvalue weighted by molar-refractivity contribution is -0.141. The molecule has 34 heteroatoms. The number of Topliss-reactive ketones (excluding diaryl/α,β-unsaturated/α-hetero) is 2. The number of fused-ring (bicyclic) bond motifs is 12. The maximum atomic E-state index is 12.7. The summed E-state index contributed by atoms with van der Waals surface area (Å²) in [5.41, 5.74) is 16.3. The number of hydrogen-bond donors (Lipinski definition) is 5. The van der Waals surface area contributed by atoms with Crippen LogP contribution in [0.4, 0.5) is 0 Å². The van der Waals surface area contributed by atoms with Crippen LogP contribution in [-0.4, -0.2) is 132 Å². The van der Waals surface area contributed by atoms with Gasteiger partial charge in [0.2, 0.25) is 30.1 Å². The van der Waals surface area contributed by atoms with Crippen LogP contribution in [0.5, 0.6) is 0 Å². The first-order valence-electron chi connectivity index (χ1n) is 31.7. The normalized spacial score (nSPS) is 14.9. The van der Waals surface area contributed by atoms with Gasteiger partial charge in [-0.3, -0.25) is 33.8 Å². The summed E-state index contributed by atoms with van der Waals surface area (Å²) in [6.45, 7) is 2.99. The average Bonchev–Trinajstić information content (AvgIpc) is 1.62. The van der Waals surface area contributed by atoms with Crippen molar-refractivity contribution in [3.8, 4) is 67.8 Å². The number of nitrogens with two attached hydrogens (primary N) is 4. The molecule has 16 rings (SSSR count). The zero-order chi connectivity index (χ0) is 74.8. The number of ether oxygens (including phenoxy) is 2. The van der Waals surface area contributed by atoms with Gasteiger partial charge in [-0.05, 0) is 152 Å². The summed E-state index contributed by atoms with van der Waals surface area (Å²) in [6, 6.07) is 41.8. The van der Waals surface area contributed by atoms with E-state index >= 15 is 0 Å². The number of benzene rings is 6. The number of aryl methyl sites for hydroxylation is 2. The minimum Gasteiger partial charge on any atom is -0.468 e. The predicted molar refractivity (Wildman–Crippen MR) is 388 cm³/mol. The van der Waals surface area contributed by atoms with E-state index in [0.29, 0.717) is 67.9 Å². The molecule has 3 unspecified atom stereocenters. The van der Waals surface area contributed by atoms with Gasteiger partial charge in [0.25, 0.3) is 0 Å². The first kappa shape index (κ1) is 72.0. The molecule has 0 saturated carbocycles. The number of sulfonamides is 3. The minimum atomic E-state index is -3.83. The fourth-order valence-electron chi connectivity index (χ4n) is 13.0. The molecule has 6 aromatic carbocycles. The third kappa shape index (κ3) is 13.8. The Hall–Kier alpha value is -11.3. The highest BCUT2D eigenvalue weighted by Crippen LogP contribution is 2.47. The van der Waals surface area contributed by atoms with Gasteiger partial charge < -0.3 is 9.47 Å². The van der Waals surface area contributed by atoms with Crippen molar-refractivity contribution in [1.29, 1.82) is 0 Å². The van der Waals surface area contributed by atoms with Crippen LogP contribution in [0.3, 0.4) is 0 Å². The highest BCUT2D eigenvalue weighted by atomic mass is 32.2. The van der Waals surface area contributed by atoms with Crippen molar-refractivity contribution in [1.82, 2.24) is 54.3 Å². The Bertz CT molecular complexity index is 6050. The summed E-state index contributed by atoms with van der Waals surface area (Å²) in [5, 5.41) is 45.9. The van der Waals surface area contributed by atoms with Crippen LogP contribution < -0.4 is 20.6 Å². The number of esters is 2. The largest absolute Gasteiger partial charge is 0.468 e. The number of carbonyl (C=O) groups is 4. The number of rotatable bonds is 12. The number of aromatic nitrogens is 11. The Morgan fingerprint density at radius 3 is 1.47 bits per heavy atom. The zero-order valence-electron chi connectivity index (χ0n) is 56.1. The molecule has 9 N–H and O–H groups in total. The summed E-state index contributed by atoms with van der Waals surface area (Å²) < 4.78 is 110. The van der Waals surface area contributed by atoms with Crippen molar-refractivity contribution in [2.75, 3.05) is 14.2 Å². The van der Waals surface area contributed by atoms with E-state index in [1.54, 1.807) is 105 Å². The number of nitrogens with one attached hydrogen (secondary N) is 1. The number of H-pyrrole nitrogens is 1. The second-order valence-electron chi connectivity index (χ2n) is 24.4. The van der Waals surface area contributed by atoms with Gasteiger partial charge in [0.1, 0.15) is 17.3 Å². The van der Waals surface area contributed by atoms with E-state index in [0.717, 1.165) is 85.8 Å². The molecule has 3 atom stereocenters. The molecular formula is C71H63N15O14S5. The van der Waals surface area contributed by atoms with Crippen LogP contribution in [-0.2, 0) is 96.3 Å². The van der Waals surface area contributed by atoms with Crippen LogP contribution in [0.25, 0.3) is 67.8 Å². The summed E-state index contributed by atoms with van der Waals surface area (Å²) >= 11 is 0. The van der Waals surface area contributed by atoms with E-state index in [1.807, 2.05) is 48.7 Å². The lowest BCUT2D eigenvalue weighted by Gasteiger charge is -2.18. The fraction of sp³-hybridized carbons (Fsp3) is 0.141. The van der Waals surface area contributed by atoms with Crippen molar-refractivity contribution in [3.05, 3.63) is 233 Å². The molecule has 0 fully saturated rings. The molecule has 4 aliphatic rings. The molecule has 105 heavy (non-hydrogen) atoms. The molecule has 536 valence electrons. The molecule has 0 saturated heterocycles. The molecule has 29 nitrogen and oxygen atoms in total. The van der Waals surface area contributed by atoms with E-state index < -0.39 is 62.5 Å². The molecule has 12 aromatic rings. The quantitative estimate of drug-likeness (QED) is 0.0477. The van der Waals surface area contributed by atoms with Crippen molar-refractivity contribution in [2.45, 2.75) is 75.7 Å². The Morgan fingerprint density at radius 2 is 0.962 bits per heavy atom. The van der Waals surface area contributed by atoms with Crippen molar-refractivity contribution in [3.63, 3.8) is 0 Å². The van der Waals surface area contributed by atoms with Crippen LogP contribution in [0.1, 0.15) is 90.3 Å². The van der Waals surface area contributed by atoms with Gasteiger partial charge in [0, 0.05) is 86.2 Å². The lowest BCUT2D eigenvalue weighted by atomic mass is 9.89. The molecule has 6 aromatic heterocycles. The van der Waals surface area contributed by atoms with Gasteiger partial charge in [-0.15, -0.1) is 0 Å². The molecule has 0 amide bonds. The third-order valence-corrected chi connectivity index (χ3v) is 23.1. The third-order valence-electron chi connectivity index (χ3n) is 17.8. The molecule has 1 aliphatic heterocycles. The Labute approximate surface area is 603 Å². The van der Waals surface area contributed by atoms with E-state index in [1.165, 1.54) is 69.1 Å². The molecule has 3 aliphatic carbocycles. The highest BCUT2D eigenvalue weighted by molar-refractivity contribution is 7.98. The van der Waals surface area contributed by atoms with Crippen LogP contribution >= 0.6 is 0 Å². The summed E-state index contributed by atoms with van der Waals surface area (Å²) in [5.74, 6) is 1.99. The van der Waals surface area contributed by atoms with E-state index in [2.05, 4.69) is 41.4 Å². The zero-order valence-corrected chi connectivity index (χ0v) is 60.2. The number of pyridine rings is 1. The van der Waals surface area contributed by atoms with Crippen LogP contribution in [0.15, 0.2) is 201 Å². The van der Waals surface area contributed by atoms with Crippen LogP contribution in [0.2, 0.25) is 0 Å². The van der Waals surface area contributed by atoms with Gasteiger partial charge in [0.15, 0.2) is 17.3 Å². The second kappa shape index (κ2) is 28.0. The number of primary sulfonamides is 3. The maximum absolute atomic E-state index is 12.7. The number of ketones is 2. The van der Waals surface area contributed by atoms with Crippen LogP contribution in [0, 0.1) is 0 Å². The SMILES string of the molecule is C=S(N)(=O)c1ccc(-n2ncc3c2-c2ccccc2C3C(=O)OC)cc1.CC(=O)c1nn(-c2ccc(S(N)(=O)=O)cc2)c2c1CCc1[nH]ncc1-2.CC(=O)c1nn(-c2ccc(S(N)(=O)=O)cc2)c2c1CCc1cnccc1-2.COC(=O)c1nn(-c2ccc(S(N)(=O)=O)cc2)c2c1CS(=O)c1ccccc1-2. The minimum absolute atomic E-state index is 0.0214. The van der Waals surface area contributed by atoms with Crippen molar-refractivity contribution >= 4 is 80.0 Å². The van der Waals surface area contributed by atoms with Gasteiger partial charge >= 0.3 is 11.9 Å². The maximum Gasteiger partial charge on any atom is 0.358 e. The van der Waals surface area contributed by atoms with E-state index in [-0.39, 0.29) is 43.7 Å². The van der Waals surface area contributed by atoms with E-state index in [4.69, 9.17) is 30.0 Å². The Kier molecular flexibility index (Phi) is 19.2. The van der Waals surface area contributed by atoms with E-state index in [9.17, 15) is 52.8 Å². The molecule has 0 bridgehead atoms. The summed E-state index contributed by atoms with van der Waals surface area (Å²) in [6.07, 6.45) is 9.90. The number of carbonyl (C=O) groups excluding carboxylic acids is 4. The molecule has 0 radical (unpaired) electrons.